The molecule has 3 nitrogen and oxygen atoms in total. The number of nitrogens with two attached hydrogens (primary N) is 1. The van der Waals surface area contributed by atoms with E-state index >= 15 is 0 Å². The second kappa shape index (κ2) is 2.11. The second-order valence-electron chi connectivity index (χ2n) is 2.59. The Morgan fingerprint density at radius 2 is 2.60 bits per heavy atom. The van der Waals surface area contributed by atoms with E-state index in [1.54, 1.807) is 0 Å². The molecule has 54 valence electrons. The third-order valence-electron chi connectivity index (χ3n) is 1.94. The smallest absolute Gasteiger partial charge is 0.107 e. The van der Waals surface area contributed by atoms with E-state index in [0.717, 1.165) is 12.2 Å². The summed E-state index contributed by atoms with van der Waals surface area (Å²) in [5, 5.41) is 0. The minimum absolute atomic E-state index is 0.157. The highest BCUT2D eigenvalue weighted by Crippen LogP contribution is 2.22. The van der Waals surface area contributed by atoms with E-state index in [1.165, 1.54) is 0 Å². The van der Waals surface area contributed by atoms with E-state index in [-0.39, 0.29) is 6.10 Å². The van der Waals surface area contributed by atoms with E-state index in [4.69, 9.17) is 10.6 Å². The van der Waals surface area contributed by atoms with E-state index in [0.29, 0.717) is 5.92 Å². The van der Waals surface area contributed by atoms with Crippen LogP contribution in [0.1, 0.15) is 0 Å². The van der Waals surface area contributed by atoms with Gasteiger partial charge in [-0.3, -0.25) is 4.84 Å². The average molecular weight is 138 g/mol. The van der Waals surface area contributed by atoms with Gasteiger partial charge in [0.15, 0.2) is 0 Å². The lowest BCUT2D eigenvalue weighted by atomic mass is 9.96. The van der Waals surface area contributed by atoms with Crippen LogP contribution < -0.4 is 11.2 Å². The number of rotatable bonds is 0. The lowest BCUT2D eigenvalue weighted by molar-refractivity contribution is 0.0541. The summed E-state index contributed by atoms with van der Waals surface area (Å²) in [6.07, 6.45) is 6.03. The molecule has 2 aliphatic rings. The predicted octanol–water partition coefficient (Wildman–Crippen LogP) is -0.0816. The van der Waals surface area contributed by atoms with Crippen molar-refractivity contribution in [1.82, 2.24) is 5.48 Å². The van der Waals surface area contributed by atoms with Gasteiger partial charge >= 0.3 is 0 Å². The van der Waals surface area contributed by atoms with E-state index in [1.807, 2.05) is 18.2 Å². The maximum atomic E-state index is 5.71. The van der Waals surface area contributed by atoms with E-state index in [2.05, 4.69) is 5.48 Å². The Morgan fingerprint density at radius 3 is 3.40 bits per heavy atom. The molecular formula is C7H10N2O. The zero-order valence-electron chi connectivity index (χ0n) is 5.58. The van der Waals surface area contributed by atoms with Crippen molar-refractivity contribution in [3.63, 3.8) is 0 Å². The van der Waals surface area contributed by atoms with Gasteiger partial charge in [-0.2, -0.15) is 0 Å². The van der Waals surface area contributed by atoms with Gasteiger partial charge in [0, 0.05) is 18.2 Å². The molecule has 0 spiro atoms. The average Bonchev–Trinajstić information content (AvgIpc) is 2.36. The molecule has 2 atom stereocenters. The monoisotopic (exact) mass is 138 g/mol. The lowest BCUT2D eigenvalue weighted by Crippen LogP contribution is -2.24. The molecule has 0 aromatic rings. The molecule has 0 saturated carbocycles. The van der Waals surface area contributed by atoms with E-state index in [9.17, 15) is 0 Å². The standard InChI is InChI=1S/C7H10N2O/c8-6-2-1-3-7-5(6)4-9-10-7/h1-3,5,7,9H,4,8H2. The number of fused-ring (bicyclic) bond motifs is 1. The Hall–Kier alpha value is -0.800. The van der Waals surface area contributed by atoms with Gasteiger partial charge < -0.3 is 5.73 Å². The predicted molar refractivity (Wildman–Crippen MR) is 37.8 cm³/mol. The van der Waals surface area contributed by atoms with Crippen LogP contribution in [0.3, 0.4) is 0 Å². The van der Waals surface area contributed by atoms with Gasteiger partial charge in [-0.25, -0.2) is 5.48 Å². The van der Waals surface area contributed by atoms with Crippen LogP contribution in [0.5, 0.6) is 0 Å². The minimum Gasteiger partial charge on any atom is -0.402 e. The maximum absolute atomic E-state index is 5.71. The molecule has 0 aromatic carbocycles. The van der Waals surface area contributed by atoms with Crippen molar-refractivity contribution in [3.05, 3.63) is 23.9 Å². The van der Waals surface area contributed by atoms with Crippen LogP contribution in [0.4, 0.5) is 0 Å². The number of hydroxylamine groups is 1. The fourth-order valence-electron chi connectivity index (χ4n) is 1.31. The summed E-state index contributed by atoms with van der Waals surface area (Å²) >= 11 is 0. The van der Waals surface area contributed by atoms with Crippen molar-refractivity contribution in [2.45, 2.75) is 6.10 Å². The third kappa shape index (κ3) is 0.751. The Balaban J connectivity index is 2.24. The molecule has 0 bridgehead atoms. The van der Waals surface area contributed by atoms with Crippen LogP contribution in [0.25, 0.3) is 0 Å². The molecule has 0 aromatic heterocycles. The fourth-order valence-corrected chi connectivity index (χ4v) is 1.31. The lowest BCUT2D eigenvalue weighted by Gasteiger charge is -2.16. The van der Waals surface area contributed by atoms with Crippen LogP contribution in [-0.2, 0) is 4.84 Å². The molecule has 2 unspecified atom stereocenters. The molecule has 1 saturated heterocycles. The van der Waals surface area contributed by atoms with Crippen LogP contribution in [0, 0.1) is 5.92 Å². The van der Waals surface area contributed by atoms with Crippen molar-refractivity contribution in [1.29, 1.82) is 0 Å². The van der Waals surface area contributed by atoms with Gasteiger partial charge in [0.05, 0.1) is 0 Å². The highest BCUT2D eigenvalue weighted by Gasteiger charge is 2.29. The van der Waals surface area contributed by atoms with Gasteiger partial charge in [-0.05, 0) is 6.08 Å². The quantitative estimate of drug-likeness (QED) is 0.492. The summed E-state index contributed by atoms with van der Waals surface area (Å²) in [6.45, 7) is 0.831. The normalized spacial score (nSPS) is 37.4. The van der Waals surface area contributed by atoms with Crippen LogP contribution in [0.2, 0.25) is 0 Å². The maximum Gasteiger partial charge on any atom is 0.107 e. The molecule has 2 rings (SSSR count). The summed E-state index contributed by atoms with van der Waals surface area (Å²) in [5.41, 5.74) is 9.45. The summed E-state index contributed by atoms with van der Waals surface area (Å²) in [4.78, 5) is 5.17. The number of hydrogen-bond donors (Lipinski definition) is 2. The molecule has 1 aliphatic heterocycles. The summed E-state index contributed by atoms with van der Waals surface area (Å²) < 4.78 is 0. The molecule has 1 heterocycles. The van der Waals surface area contributed by atoms with Crippen molar-refractivity contribution in [2.75, 3.05) is 6.54 Å². The number of hydrogen-bond acceptors (Lipinski definition) is 3. The van der Waals surface area contributed by atoms with Gasteiger partial charge in [-0.1, -0.05) is 12.2 Å². The van der Waals surface area contributed by atoms with Gasteiger partial charge in [0.1, 0.15) is 6.10 Å². The zero-order chi connectivity index (χ0) is 6.97. The number of nitrogens with one attached hydrogen (secondary N) is 1. The Bertz CT molecular complexity index is 198. The number of allylic oxidation sites excluding steroid dienone is 2. The van der Waals surface area contributed by atoms with E-state index < -0.39 is 0 Å². The van der Waals surface area contributed by atoms with Gasteiger partial charge in [-0.15, -0.1) is 0 Å². The first-order valence-corrected chi connectivity index (χ1v) is 3.40. The molecular weight excluding hydrogens is 128 g/mol. The SMILES string of the molecule is NC1=CC=CC2ONCC12. The molecule has 3 heteroatoms. The van der Waals surface area contributed by atoms with Crippen molar-refractivity contribution >= 4 is 0 Å². The van der Waals surface area contributed by atoms with Crippen LogP contribution in [0.15, 0.2) is 23.9 Å². The largest absolute Gasteiger partial charge is 0.402 e. The van der Waals surface area contributed by atoms with Crippen LogP contribution in [-0.4, -0.2) is 12.6 Å². The van der Waals surface area contributed by atoms with Gasteiger partial charge in [0.25, 0.3) is 0 Å². The second-order valence-corrected chi connectivity index (χ2v) is 2.59. The van der Waals surface area contributed by atoms with Gasteiger partial charge in [0.2, 0.25) is 0 Å². The first-order chi connectivity index (χ1) is 4.88. The summed E-state index contributed by atoms with van der Waals surface area (Å²) in [6, 6.07) is 0. The molecule has 0 radical (unpaired) electrons. The molecule has 10 heavy (non-hydrogen) atoms. The summed E-state index contributed by atoms with van der Waals surface area (Å²) in [7, 11) is 0. The third-order valence-corrected chi connectivity index (χ3v) is 1.94. The fraction of sp³-hybridized carbons (Fsp3) is 0.429. The highest BCUT2D eigenvalue weighted by molar-refractivity contribution is 5.23. The Kier molecular flexibility index (Phi) is 1.25. The first-order valence-electron chi connectivity index (χ1n) is 3.40. The zero-order valence-corrected chi connectivity index (χ0v) is 5.58. The topological polar surface area (TPSA) is 47.3 Å². The molecule has 3 N–H and O–H groups in total. The molecule has 1 fully saturated rings. The van der Waals surface area contributed by atoms with Crippen molar-refractivity contribution in [3.8, 4) is 0 Å². The summed E-state index contributed by atoms with van der Waals surface area (Å²) in [5.74, 6) is 0.352. The highest BCUT2D eigenvalue weighted by atomic mass is 16.7. The van der Waals surface area contributed by atoms with Crippen molar-refractivity contribution < 1.29 is 4.84 Å². The van der Waals surface area contributed by atoms with Crippen molar-refractivity contribution in [2.24, 2.45) is 11.7 Å². The minimum atomic E-state index is 0.157. The van der Waals surface area contributed by atoms with Crippen LogP contribution >= 0.6 is 0 Å². The Morgan fingerprint density at radius 1 is 1.70 bits per heavy atom. The first kappa shape index (κ1) is 5.95. The molecule has 0 amide bonds. The molecule has 1 aliphatic carbocycles. The Labute approximate surface area is 59.5 Å².